The van der Waals surface area contributed by atoms with Crippen LogP contribution in [0.1, 0.15) is 49.8 Å². The summed E-state index contributed by atoms with van der Waals surface area (Å²) >= 11 is 0. The van der Waals surface area contributed by atoms with Gasteiger partial charge in [-0.05, 0) is 57.1 Å². The molecule has 2 rings (SSSR count). The maximum absolute atomic E-state index is 13.0. The van der Waals surface area contributed by atoms with Crippen LogP contribution >= 0.6 is 0 Å². The molecule has 1 aromatic rings. The largest absolute Gasteiger partial charge is 0.341 e. The second kappa shape index (κ2) is 7.87. The Balaban J connectivity index is 2.32. The van der Waals surface area contributed by atoms with Gasteiger partial charge in [0.15, 0.2) is 0 Å². The maximum Gasteiger partial charge on any atom is 0.241 e. The first kappa shape index (κ1) is 19.9. The van der Waals surface area contributed by atoms with Gasteiger partial charge in [0.1, 0.15) is 6.04 Å². The molecule has 1 N–H and O–H groups in total. The van der Waals surface area contributed by atoms with Gasteiger partial charge in [-0.15, -0.1) is 0 Å². The molecule has 140 valence electrons. The van der Waals surface area contributed by atoms with Crippen molar-refractivity contribution in [1.29, 1.82) is 0 Å². The Kier molecular flexibility index (Phi) is 6.27. The van der Waals surface area contributed by atoms with Crippen LogP contribution in [0, 0.1) is 26.7 Å². The van der Waals surface area contributed by atoms with Gasteiger partial charge in [0.05, 0.1) is 4.90 Å². The van der Waals surface area contributed by atoms with Crippen LogP contribution in [0.25, 0.3) is 0 Å². The molecule has 1 saturated heterocycles. The van der Waals surface area contributed by atoms with Gasteiger partial charge in [-0.1, -0.05) is 31.5 Å². The highest BCUT2D eigenvalue weighted by molar-refractivity contribution is 7.89. The fraction of sp³-hybridized carbons (Fsp3) is 0.632. The van der Waals surface area contributed by atoms with Crippen molar-refractivity contribution in [2.45, 2.75) is 64.8 Å². The van der Waals surface area contributed by atoms with Crippen LogP contribution in [0.5, 0.6) is 0 Å². The number of sulfonamides is 1. The van der Waals surface area contributed by atoms with E-state index >= 15 is 0 Å². The zero-order valence-corrected chi connectivity index (χ0v) is 16.7. The van der Waals surface area contributed by atoms with Gasteiger partial charge in [-0.3, -0.25) is 4.79 Å². The zero-order chi connectivity index (χ0) is 18.8. The molecule has 1 amide bonds. The van der Waals surface area contributed by atoms with Crippen molar-refractivity contribution in [2.75, 3.05) is 13.1 Å². The summed E-state index contributed by atoms with van der Waals surface area (Å²) in [4.78, 5) is 14.9. The normalized spacial score (nSPS) is 16.5. The molecule has 1 aliphatic heterocycles. The highest BCUT2D eigenvalue weighted by atomic mass is 32.2. The Morgan fingerprint density at radius 2 is 1.64 bits per heavy atom. The molecular weight excluding hydrogens is 336 g/mol. The van der Waals surface area contributed by atoms with E-state index in [-0.39, 0.29) is 11.8 Å². The van der Waals surface area contributed by atoms with Gasteiger partial charge in [0.2, 0.25) is 15.9 Å². The number of hydrogen-bond donors (Lipinski definition) is 1. The van der Waals surface area contributed by atoms with Crippen LogP contribution in [-0.4, -0.2) is 38.4 Å². The Morgan fingerprint density at radius 1 is 1.12 bits per heavy atom. The lowest BCUT2D eigenvalue weighted by Gasteiger charge is -2.26. The smallest absolute Gasteiger partial charge is 0.241 e. The number of likely N-dealkylation sites (tertiary alicyclic amines) is 1. The topological polar surface area (TPSA) is 66.5 Å². The van der Waals surface area contributed by atoms with Gasteiger partial charge in [-0.25, -0.2) is 8.42 Å². The predicted octanol–water partition coefficient (Wildman–Crippen LogP) is 2.93. The SMILES string of the molecule is Cc1cc(C)c(S(=O)(=O)N[C@@H](CC(C)C)C(=O)N2CCCC2)c(C)c1. The molecule has 5 nitrogen and oxygen atoms in total. The number of aryl methyl sites for hydroxylation is 3. The average Bonchev–Trinajstić information content (AvgIpc) is 2.97. The standard InChI is InChI=1S/C19H30N2O3S/c1-13(2)10-17(19(22)21-8-6-7-9-21)20-25(23,24)18-15(4)11-14(3)12-16(18)5/h11-13,17,20H,6-10H2,1-5H3/t17-/m0/s1. The molecule has 0 saturated carbocycles. The van der Waals surface area contributed by atoms with E-state index in [4.69, 9.17) is 0 Å². The van der Waals surface area contributed by atoms with E-state index in [9.17, 15) is 13.2 Å². The third-order valence-electron chi connectivity index (χ3n) is 4.59. The van der Waals surface area contributed by atoms with Gasteiger partial charge in [0.25, 0.3) is 0 Å². The molecule has 0 unspecified atom stereocenters. The van der Waals surface area contributed by atoms with Gasteiger partial charge >= 0.3 is 0 Å². The minimum Gasteiger partial charge on any atom is -0.341 e. The van der Waals surface area contributed by atoms with Crippen LogP contribution < -0.4 is 4.72 Å². The number of rotatable bonds is 6. The van der Waals surface area contributed by atoms with Crippen molar-refractivity contribution in [2.24, 2.45) is 5.92 Å². The second-order valence-corrected chi connectivity index (χ2v) is 9.21. The molecule has 1 heterocycles. The Morgan fingerprint density at radius 3 is 2.12 bits per heavy atom. The zero-order valence-electron chi connectivity index (χ0n) is 15.9. The fourth-order valence-corrected chi connectivity index (χ4v) is 5.32. The third kappa shape index (κ3) is 4.82. The molecule has 6 heteroatoms. The quantitative estimate of drug-likeness (QED) is 0.842. The van der Waals surface area contributed by atoms with Gasteiger partial charge < -0.3 is 4.90 Å². The lowest BCUT2D eigenvalue weighted by atomic mass is 10.0. The van der Waals surface area contributed by atoms with Crippen LogP contribution in [0.2, 0.25) is 0 Å². The second-order valence-electron chi connectivity index (χ2n) is 7.56. The molecule has 1 aromatic carbocycles. The highest BCUT2D eigenvalue weighted by Crippen LogP contribution is 2.23. The molecule has 0 aliphatic carbocycles. The number of benzene rings is 1. The summed E-state index contributed by atoms with van der Waals surface area (Å²) in [6.45, 7) is 11.0. The van der Waals surface area contributed by atoms with Gasteiger partial charge in [0, 0.05) is 13.1 Å². The summed E-state index contributed by atoms with van der Waals surface area (Å²) < 4.78 is 28.7. The van der Waals surface area contributed by atoms with Crippen LogP contribution in [-0.2, 0) is 14.8 Å². The summed E-state index contributed by atoms with van der Waals surface area (Å²) in [6.07, 6.45) is 2.48. The first-order valence-corrected chi connectivity index (χ1v) is 10.5. The lowest BCUT2D eigenvalue weighted by molar-refractivity contribution is -0.132. The van der Waals surface area contributed by atoms with Crippen molar-refractivity contribution in [1.82, 2.24) is 9.62 Å². The molecule has 0 aromatic heterocycles. The number of carbonyl (C=O) groups excluding carboxylic acids is 1. The molecule has 1 atom stereocenters. The minimum absolute atomic E-state index is 0.0998. The molecule has 25 heavy (non-hydrogen) atoms. The minimum atomic E-state index is -3.76. The first-order valence-electron chi connectivity index (χ1n) is 9.01. The molecule has 0 radical (unpaired) electrons. The van der Waals surface area contributed by atoms with E-state index in [2.05, 4.69) is 4.72 Å². The Labute approximate surface area is 151 Å². The summed E-state index contributed by atoms with van der Waals surface area (Å²) in [5.74, 6) is 0.122. The molecular formula is C19H30N2O3S. The monoisotopic (exact) mass is 366 g/mol. The van der Waals surface area contributed by atoms with E-state index in [1.807, 2.05) is 32.9 Å². The number of nitrogens with zero attached hydrogens (tertiary/aromatic N) is 1. The summed E-state index contributed by atoms with van der Waals surface area (Å²) in [7, 11) is -3.76. The summed E-state index contributed by atoms with van der Waals surface area (Å²) in [6, 6.07) is 3.02. The molecule has 1 fully saturated rings. The van der Waals surface area contributed by atoms with Gasteiger partial charge in [-0.2, -0.15) is 4.72 Å². The lowest BCUT2D eigenvalue weighted by Crippen LogP contribution is -2.48. The molecule has 0 bridgehead atoms. The van der Waals surface area contributed by atoms with Crippen molar-refractivity contribution in [3.63, 3.8) is 0 Å². The maximum atomic E-state index is 13.0. The van der Waals surface area contributed by atoms with E-state index in [0.29, 0.717) is 22.4 Å². The van der Waals surface area contributed by atoms with Crippen LogP contribution in [0.3, 0.4) is 0 Å². The number of nitrogens with one attached hydrogen (secondary N) is 1. The van der Waals surface area contributed by atoms with Crippen molar-refractivity contribution in [3.05, 3.63) is 28.8 Å². The summed E-state index contributed by atoms with van der Waals surface area (Å²) in [5, 5.41) is 0. The molecule has 1 aliphatic rings. The average molecular weight is 367 g/mol. The summed E-state index contributed by atoms with van der Waals surface area (Å²) in [5.41, 5.74) is 2.45. The Hall–Kier alpha value is -1.40. The van der Waals surface area contributed by atoms with Crippen LogP contribution in [0.4, 0.5) is 0 Å². The van der Waals surface area contributed by atoms with Crippen molar-refractivity contribution in [3.8, 4) is 0 Å². The Bertz CT molecular complexity index is 712. The van der Waals surface area contributed by atoms with E-state index in [1.54, 1.807) is 18.7 Å². The number of hydrogen-bond acceptors (Lipinski definition) is 3. The fourth-order valence-electron chi connectivity index (χ4n) is 3.67. The number of carbonyl (C=O) groups is 1. The van der Waals surface area contributed by atoms with Crippen LogP contribution in [0.15, 0.2) is 17.0 Å². The van der Waals surface area contributed by atoms with E-state index in [0.717, 1.165) is 31.5 Å². The van der Waals surface area contributed by atoms with Crippen molar-refractivity contribution < 1.29 is 13.2 Å². The number of amides is 1. The predicted molar refractivity (Wildman–Crippen MR) is 100 cm³/mol. The first-order chi connectivity index (χ1) is 11.6. The highest BCUT2D eigenvalue weighted by Gasteiger charge is 2.32. The third-order valence-corrected chi connectivity index (χ3v) is 6.37. The molecule has 0 spiro atoms. The van der Waals surface area contributed by atoms with E-state index in [1.165, 1.54) is 0 Å². The van der Waals surface area contributed by atoms with E-state index < -0.39 is 16.1 Å². The van der Waals surface area contributed by atoms with Crippen molar-refractivity contribution >= 4 is 15.9 Å².